The molecule has 0 heterocycles. The molecule has 0 amide bonds. The van der Waals surface area contributed by atoms with Gasteiger partial charge in [0.15, 0.2) is 11.5 Å². The maximum Gasteiger partial charge on any atom is 0.168 e. The van der Waals surface area contributed by atoms with E-state index in [-0.39, 0.29) is 6.61 Å². The molecule has 0 fully saturated rings. The first-order valence-electron chi connectivity index (χ1n) is 9.06. The van der Waals surface area contributed by atoms with Crippen LogP contribution in [0.25, 0.3) is 6.08 Å². The second kappa shape index (κ2) is 9.77. The van der Waals surface area contributed by atoms with Crippen LogP contribution in [0.2, 0.25) is 0 Å². The van der Waals surface area contributed by atoms with Crippen molar-refractivity contribution in [2.75, 3.05) is 12.8 Å². The van der Waals surface area contributed by atoms with Crippen molar-refractivity contribution in [1.82, 2.24) is 0 Å². The number of nitrogens with zero attached hydrogens (tertiary/aromatic N) is 2. The van der Waals surface area contributed by atoms with Crippen LogP contribution in [0.5, 0.6) is 11.5 Å². The molecule has 0 saturated carbocycles. The van der Waals surface area contributed by atoms with Gasteiger partial charge < -0.3 is 15.2 Å². The molecule has 5 nitrogen and oxygen atoms in total. The van der Waals surface area contributed by atoms with Gasteiger partial charge in [-0.25, -0.2) is 0 Å². The highest BCUT2D eigenvalue weighted by atomic mass is 16.5. The Labute approximate surface area is 170 Å². The summed E-state index contributed by atoms with van der Waals surface area (Å²) in [5.74, 6) is 1.22. The normalized spacial score (nSPS) is 10.9. The molecule has 3 aromatic rings. The minimum atomic E-state index is 0.263. The van der Waals surface area contributed by atoms with Crippen LogP contribution in [0.4, 0.5) is 11.4 Å². The number of hydrogen-bond donors (Lipinski definition) is 1. The zero-order valence-electron chi connectivity index (χ0n) is 16.1. The van der Waals surface area contributed by atoms with Crippen LogP contribution < -0.4 is 15.2 Å². The van der Waals surface area contributed by atoms with E-state index in [1.807, 2.05) is 72.8 Å². The van der Waals surface area contributed by atoms with E-state index < -0.39 is 0 Å². The van der Waals surface area contributed by atoms with Crippen molar-refractivity contribution in [3.05, 3.63) is 89.5 Å². The van der Waals surface area contributed by atoms with Gasteiger partial charge in [-0.05, 0) is 36.4 Å². The molecule has 0 aliphatic heterocycles. The molecule has 0 aromatic heterocycles. The van der Waals surface area contributed by atoms with E-state index >= 15 is 0 Å². The number of nitrogens with two attached hydrogens (primary N) is 1. The standard InChI is InChI=1S/C24H21N3O2/c1-28-23-14-6-10-18(11-7-15-27-22-13-5-4-12-21(22)26)24(23)29-17-20-9-3-2-8-19(20)16-25/h2-15H,17,26H2,1H3/b11-7+,27-15?. The van der Waals surface area contributed by atoms with Gasteiger partial charge in [-0.3, -0.25) is 4.99 Å². The highest BCUT2D eigenvalue weighted by Gasteiger charge is 2.10. The van der Waals surface area contributed by atoms with Gasteiger partial charge in [-0.1, -0.05) is 42.5 Å². The van der Waals surface area contributed by atoms with Crippen molar-refractivity contribution in [3.8, 4) is 17.6 Å². The lowest BCUT2D eigenvalue weighted by Crippen LogP contribution is -2.01. The number of methoxy groups -OCH3 is 1. The van der Waals surface area contributed by atoms with Crippen LogP contribution in [0.1, 0.15) is 16.7 Å². The molecule has 0 bridgehead atoms. The topological polar surface area (TPSA) is 80.6 Å². The maximum atomic E-state index is 9.26. The average molecular weight is 383 g/mol. The Bertz CT molecular complexity index is 1080. The van der Waals surface area contributed by atoms with Crippen LogP contribution in [0, 0.1) is 11.3 Å². The van der Waals surface area contributed by atoms with Gasteiger partial charge in [0.2, 0.25) is 0 Å². The number of aliphatic imine (C=N–C) groups is 1. The van der Waals surface area contributed by atoms with Gasteiger partial charge in [0.25, 0.3) is 0 Å². The summed E-state index contributed by atoms with van der Waals surface area (Å²) in [6.07, 6.45) is 5.38. The van der Waals surface area contributed by atoms with E-state index in [1.165, 1.54) is 0 Å². The second-order valence-corrected chi connectivity index (χ2v) is 6.13. The molecule has 0 spiro atoms. The Balaban J connectivity index is 1.81. The van der Waals surface area contributed by atoms with Crippen molar-refractivity contribution in [3.63, 3.8) is 0 Å². The number of rotatable bonds is 7. The van der Waals surface area contributed by atoms with Crippen molar-refractivity contribution in [2.45, 2.75) is 6.61 Å². The molecule has 144 valence electrons. The largest absolute Gasteiger partial charge is 0.493 e. The number of allylic oxidation sites excluding steroid dienone is 1. The molecule has 5 heteroatoms. The third kappa shape index (κ3) is 5.02. The SMILES string of the molecule is COc1cccc(/C=C/C=Nc2ccccc2N)c1OCc1ccccc1C#N. The van der Waals surface area contributed by atoms with Gasteiger partial charge in [0.05, 0.1) is 30.1 Å². The zero-order chi connectivity index (χ0) is 20.5. The highest BCUT2D eigenvalue weighted by Crippen LogP contribution is 2.33. The summed E-state index contributed by atoms with van der Waals surface area (Å²) in [5, 5.41) is 9.26. The van der Waals surface area contributed by atoms with E-state index in [9.17, 15) is 5.26 Å². The predicted molar refractivity (Wildman–Crippen MR) is 117 cm³/mol. The monoisotopic (exact) mass is 383 g/mol. The summed E-state index contributed by atoms with van der Waals surface area (Å²) in [7, 11) is 1.60. The minimum Gasteiger partial charge on any atom is -0.493 e. The molecule has 0 aliphatic carbocycles. The Morgan fingerprint density at radius 3 is 2.62 bits per heavy atom. The molecular formula is C24H21N3O2. The number of nitrogen functional groups attached to an aromatic ring is 1. The van der Waals surface area contributed by atoms with Crippen molar-refractivity contribution < 1.29 is 9.47 Å². The van der Waals surface area contributed by atoms with Gasteiger partial charge >= 0.3 is 0 Å². The first kappa shape index (κ1) is 19.7. The Morgan fingerprint density at radius 2 is 1.83 bits per heavy atom. The summed E-state index contributed by atoms with van der Waals surface area (Å²) in [6.45, 7) is 0.263. The Kier molecular flexibility index (Phi) is 6.64. The molecule has 29 heavy (non-hydrogen) atoms. The second-order valence-electron chi connectivity index (χ2n) is 6.13. The third-order valence-corrected chi connectivity index (χ3v) is 4.25. The third-order valence-electron chi connectivity index (χ3n) is 4.25. The summed E-state index contributed by atoms with van der Waals surface area (Å²) >= 11 is 0. The molecule has 0 saturated heterocycles. The number of anilines is 1. The lowest BCUT2D eigenvalue weighted by atomic mass is 10.1. The lowest BCUT2D eigenvalue weighted by Gasteiger charge is -2.14. The molecule has 0 radical (unpaired) electrons. The summed E-state index contributed by atoms with van der Waals surface area (Å²) in [4.78, 5) is 4.36. The molecule has 3 aromatic carbocycles. The highest BCUT2D eigenvalue weighted by molar-refractivity contribution is 5.83. The number of ether oxygens (including phenoxy) is 2. The first-order valence-corrected chi connectivity index (χ1v) is 9.06. The minimum absolute atomic E-state index is 0.263. The fourth-order valence-electron chi connectivity index (χ4n) is 2.76. The summed E-state index contributed by atoms with van der Waals surface area (Å²) in [5.41, 5.74) is 9.48. The van der Waals surface area contributed by atoms with Gasteiger partial charge in [0.1, 0.15) is 6.61 Å². The first-order chi connectivity index (χ1) is 14.2. The maximum absolute atomic E-state index is 9.26. The van der Waals surface area contributed by atoms with E-state index in [4.69, 9.17) is 15.2 Å². The van der Waals surface area contributed by atoms with Gasteiger partial charge in [0, 0.05) is 17.3 Å². The molecule has 0 aliphatic rings. The fourth-order valence-corrected chi connectivity index (χ4v) is 2.76. The van der Waals surface area contributed by atoms with E-state index in [0.717, 1.165) is 11.1 Å². The molecule has 3 rings (SSSR count). The number of hydrogen-bond acceptors (Lipinski definition) is 5. The van der Waals surface area contributed by atoms with E-state index in [0.29, 0.717) is 28.4 Å². The quantitative estimate of drug-likeness (QED) is 0.452. The van der Waals surface area contributed by atoms with E-state index in [1.54, 1.807) is 19.4 Å². The van der Waals surface area contributed by atoms with Crippen molar-refractivity contribution in [2.24, 2.45) is 4.99 Å². The van der Waals surface area contributed by atoms with Crippen LogP contribution >= 0.6 is 0 Å². The Morgan fingerprint density at radius 1 is 1.03 bits per heavy atom. The molecule has 2 N–H and O–H groups in total. The van der Waals surface area contributed by atoms with Crippen LogP contribution in [-0.4, -0.2) is 13.3 Å². The van der Waals surface area contributed by atoms with Crippen molar-refractivity contribution in [1.29, 1.82) is 5.26 Å². The number of benzene rings is 3. The summed E-state index contributed by atoms with van der Waals surface area (Å²) in [6, 6.07) is 22.6. The van der Waals surface area contributed by atoms with Crippen LogP contribution in [-0.2, 0) is 6.61 Å². The van der Waals surface area contributed by atoms with Crippen molar-refractivity contribution >= 4 is 23.7 Å². The van der Waals surface area contributed by atoms with Gasteiger partial charge in [-0.2, -0.15) is 5.26 Å². The predicted octanol–water partition coefficient (Wildman–Crippen LogP) is 5.14. The molecule has 0 atom stereocenters. The number of nitriles is 1. The average Bonchev–Trinajstić information content (AvgIpc) is 2.76. The lowest BCUT2D eigenvalue weighted by molar-refractivity contribution is 0.283. The van der Waals surface area contributed by atoms with Crippen LogP contribution in [0.15, 0.2) is 77.8 Å². The van der Waals surface area contributed by atoms with Gasteiger partial charge in [-0.15, -0.1) is 0 Å². The fraction of sp³-hybridized carbons (Fsp3) is 0.0833. The molecule has 0 unspecified atom stereocenters. The van der Waals surface area contributed by atoms with Crippen LogP contribution in [0.3, 0.4) is 0 Å². The molecular weight excluding hydrogens is 362 g/mol. The number of para-hydroxylation sites is 3. The van der Waals surface area contributed by atoms with E-state index in [2.05, 4.69) is 11.1 Å². The smallest absolute Gasteiger partial charge is 0.168 e. The Hall–Kier alpha value is -4.04. The zero-order valence-corrected chi connectivity index (χ0v) is 16.1. The summed E-state index contributed by atoms with van der Waals surface area (Å²) < 4.78 is 11.5.